The van der Waals surface area contributed by atoms with E-state index in [0.29, 0.717) is 12.3 Å². The van der Waals surface area contributed by atoms with Crippen molar-refractivity contribution in [2.24, 2.45) is 5.14 Å². The van der Waals surface area contributed by atoms with Crippen LogP contribution in [0.15, 0.2) is 23.1 Å². The van der Waals surface area contributed by atoms with E-state index in [1.807, 2.05) is 6.92 Å². The van der Waals surface area contributed by atoms with E-state index in [-0.39, 0.29) is 10.6 Å². The molecule has 0 heterocycles. The van der Waals surface area contributed by atoms with Crippen LogP contribution in [0.1, 0.15) is 19.8 Å². The van der Waals surface area contributed by atoms with E-state index in [9.17, 15) is 13.2 Å². The van der Waals surface area contributed by atoms with Gasteiger partial charge in [-0.3, -0.25) is 0 Å². The summed E-state index contributed by atoms with van der Waals surface area (Å²) in [5.74, 6) is 0.350. The van der Waals surface area contributed by atoms with Crippen molar-refractivity contribution in [1.82, 2.24) is 5.32 Å². The fourth-order valence-corrected chi connectivity index (χ4v) is 2.05. The third kappa shape index (κ3) is 4.71. The summed E-state index contributed by atoms with van der Waals surface area (Å²) < 4.78 is 27.6. The highest BCUT2D eigenvalue weighted by Gasteiger charge is 2.13. The zero-order chi connectivity index (χ0) is 15.2. The number of primary sulfonamides is 1. The van der Waals surface area contributed by atoms with Gasteiger partial charge in [0.1, 0.15) is 5.75 Å². The fourth-order valence-electron chi connectivity index (χ4n) is 1.51. The molecule has 8 heteroatoms. The van der Waals surface area contributed by atoms with Crippen molar-refractivity contribution in [2.75, 3.05) is 19.0 Å². The Balaban J connectivity index is 2.89. The van der Waals surface area contributed by atoms with Crippen LogP contribution in [0.2, 0.25) is 0 Å². The number of nitrogens with one attached hydrogen (secondary N) is 2. The minimum Gasteiger partial charge on any atom is -0.495 e. The standard InChI is InChI=1S/C12H19N3O4S/c1-3-4-7-14-12(16)15-10-8-9(20(13,17)18)5-6-11(10)19-2/h5-6,8H,3-4,7H2,1-2H3,(H2,13,17,18)(H2,14,15,16). The molecule has 0 spiro atoms. The topological polar surface area (TPSA) is 111 Å². The van der Waals surface area contributed by atoms with Crippen LogP contribution in [0.4, 0.5) is 10.5 Å². The Labute approximate surface area is 118 Å². The SMILES string of the molecule is CCCCNC(=O)Nc1cc(S(N)(=O)=O)ccc1OC. The summed E-state index contributed by atoms with van der Waals surface area (Å²) in [6, 6.07) is 3.58. The van der Waals surface area contributed by atoms with Gasteiger partial charge in [0.05, 0.1) is 17.7 Å². The minimum atomic E-state index is -3.83. The highest BCUT2D eigenvalue weighted by molar-refractivity contribution is 7.89. The van der Waals surface area contributed by atoms with E-state index in [0.717, 1.165) is 12.8 Å². The Bertz CT molecular complexity index is 572. The summed E-state index contributed by atoms with van der Waals surface area (Å²) in [6.07, 6.45) is 1.83. The Kier molecular flexibility index (Phi) is 5.78. The molecule has 1 aromatic rings. The molecule has 0 aromatic heterocycles. The smallest absolute Gasteiger partial charge is 0.319 e. The third-order valence-corrected chi connectivity index (χ3v) is 3.47. The molecular weight excluding hydrogens is 282 g/mol. The average molecular weight is 301 g/mol. The summed E-state index contributed by atoms with van der Waals surface area (Å²) in [5, 5.41) is 10.2. The van der Waals surface area contributed by atoms with Gasteiger partial charge < -0.3 is 15.4 Å². The van der Waals surface area contributed by atoms with Crippen molar-refractivity contribution in [1.29, 1.82) is 0 Å². The first-order chi connectivity index (χ1) is 9.38. The van der Waals surface area contributed by atoms with Crippen LogP contribution in [-0.4, -0.2) is 28.1 Å². The molecule has 112 valence electrons. The van der Waals surface area contributed by atoms with E-state index in [1.54, 1.807) is 0 Å². The van der Waals surface area contributed by atoms with E-state index in [1.165, 1.54) is 25.3 Å². The maximum Gasteiger partial charge on any atom is 0.319 e. The lowest BCUT2D eigenvalue weighted by molar-refractivity contribution is 0.252. The van der Waals surface area contributed by atoms with Crippen molar-refractivity contribution < 1.29 is 17.9 Å². The van der Waals surface area contributed by atoms with E-state index < -0.39 is 16.1 Å². The number of urea groups is 1. The zero-order valence-electron chi connectivity index (χ0n) is 11.5. The molecule has 1 rings (SSSR count). The minimum absolute atomic E-state index is 0.0952. The Morgan fingerprint density at radius 1 is 1.40 bits per heavy atom. The largest absolute Gasteiger partial charge is 0.495 e. The molecule has 2 amide bonds. The number of carbonyl (C=O) groups excluding carboxylic acids is 1. The molecule has 0 aliphatic heterocycles. The summed E-state index contributed by atoms with van der Waals surface area (Å²) in [5.41, 5.74) is 0.244. The first kappa shape index (κ1) is 16.3. The second-order valence-electron chi connectivity index (χ2n) is 4.14. The first-order valence-electron chi connectivity index (χ1n) is 6.14. The number of sulfonamides is 1. The highest BCUT2D eigenvalue weighted by Crippen LogP contribution is 2.26. The van der Waals surface area contributed by atoms with Crippen molar-refractivity contribution in [3.05, 3.63) is 18.2 Å². The number of rotatable bonds is 6. The van der Waals surface area contributed by atoms with Gasteiger partial charge in [-0.2, -0.15) is 0 Å². The van der Waals surface area contributed by atoms with Gasteiger partial charge in [-0.25, -0.2) is 18.4 Å². The van der Waals surface area contributed by atoms with Gasteiger partial charge in [-0.05, 0) is 24.6 Å². The Morgan fingerprint density at radius 2 is 2.10 bits per heavy atom. The molecule has 4 N–H and O–H groups in total. The molecule has 0 atom stereocenters. The molecule has 0 unspecified atom stereocenters. The lowest BCUT2D eigenvalue weighted by Crippen LogP contribution is -2.29. The van der Waals surface area contributed by atoms with Crippen molar-refractivity contribution in [2.45, 2.75) is 24.7 Å². The van der Waals surface area contributed by atoms with E-state index >= 15 is 0 Å². The number of methoxy groups -OCH3 is 1. The van der Waals surface area contributed by atoms with Gasteiger partial charge >= 0.3 is 6.03 Å². The number of nitrogens with two attached hydrogens (primary N) is 1. The number of benzene rings is 1. The predicted molar refractivity (Wildman–Crippen MR) is 76.3 cm³/mol. The molecule has 0 aliphatic carbocycles. The second-order valence-corrected chi connectivity index (χ2v) is 5.70. The lowest BCUT2D eigenvalue weighted by Gasteiger charge is -2.12. The van der Waals surface area contributed by atoms with Crippen LogP contribution in [0, 0.1) is 0 Å². The van der Waals surface area contributed by atoms with Crippen LogP contribution in [0.3, 0.4) is 0 Å². The number of ether oxygens (including phenoxy) is 1. The van der Waals surface area contributed by atoms with Gasteiger partial charge in [-0.1, -0.05) is 13.3 Å². The molecule has 0 radical (unpaired) electrons. The number of hydrogen-bond acceptors (Lipinski definition) is 4. The lowest BCUT2D eigenvalue weighted by atomic mass is 10.3. The Morgan fingerprint density at radius 3 is 2.65 bits per heavy atom. The van der Waals surface area contributed by atoms with Crippen molar-refractivity contribution in [3.63, 3.8) is 0 Å². The summed E-state index contributed by atoms with van der Waals surface area (Å²) in [4.78, 5) is 11.6. The second kappa shape index (κ2) is 7.11. The molecule has 20 heavy (non-hydrogen) atoms. The van der Waals surface area contributed by atoms with Crippen LogP contribution in [0.25, 0.3) is 0 Å². The highest BCUT2D eigenvalue weighted by atomic mass is 32.2. The fraction of sp³-hybridized carbons (Fsp3) is 0.417. The average Bonchev–Trinajstić information content (AvgIpc) is 2.38. The molecule has 0 fully saturated rings. The Hall–Kier alpha value is -1.80. The molecule has 0 bridgehead atoms. The molecular formula is C12H19N3O4S. The summed E-state index contributed by atoms with van der Waals surface area (Å²) >= 11 is 0. The first-order valence-corrected chi connectivity index (χ1v) is 7.68. The molecule has 1 aromatic carbocycles. The van der Waals surface area contributed by atoms with Gasteiger partial charge in [-0.15, -0.1) is 0 Å². The predicted octanol–water partition coefficient (Wildman–Crippen LogP) is 1.26. The van der Waals surface area contributed by atoms with Gasteiger partial charge in [0, 0.05) is 6.54 Å². The molecule has 0 saturated carbocycles. The van der Waals surface area contributed by atoms with Gasteiger partial charge in [0.15, 0.2) is 0 Å². The van der Waals surface area contributed by atoms with Gasteiger partial charge in [0.2, 0.25) is 10.0 Å². The van der Waals surface area contributed by atoms with Gasteiger partial charge in [0.25, 0.3) is 0 Å². The maximum absolute atomic E-state index is 11.7. The summed E-state index contributed by atoms with van der Waals surface area (Å²) in [6.45, 7) is 2.55. The molecule has 0 aliphatic rings. The van der Waals surface area contributed by atoms with Crippen molar-refractivity contribution in [3.8, 4) is 5.75 Å². The zero-order valence-corrected chi connectivity index (χ0v) is 12.3. The van der Waals surface area contributed by atoms with Crippen LogP contribution >= 0.6 is 0 Å². The number of amides is 2. The number of anilines is 1. The molecule has 7 nitrogen and oxygen atoms in total. The summed E-state index contributed by atoms with van der Waals surface area (Å²) in [7, 11) is -2.41. The normalized spacial score (nSPS) is 10.9. The van der Waals surface area contributed by atoms with Crippen LogP contribution < -0.4 is 20.5 Å². The maximum atomic E-state index is 11.7. The van der Waals surface area contributed by atoms with E-state index in [2.05, 4.69) is 10.6 Å². The van der Waals surface area contributed by atoms with Crippen LogP contribution in [-0.2, 0) is 10.0 Å². The quantitative estimate of drug-likeness (QED) is 0.687. The number of hydrogen-bond donors (Lipinski definition) is 3. The van der Waals surface area contributed by atoms with Crippen LogP contribution in [0.5, 0.6) is 5.75 Å². The van der Waals surface area contributed by atoms with Crippen molar-refractivity contribution >= 4 is 21.7 Å². The number of unbranched alkanes of at least 4 members (excludes halogenated alkanes) is 1. The monoisotopic (exact) mass is 301 g/mol. The number of carbonyl (C=O) groups is 1. The van der Waals surface area contributed by atoms with E-state index in [4.69, 9.17) is 9.88 Å². The third-order valence-electron chi connectivity index (χ3n) is 2.56. The molecule has 0 saturated heterocycles.